The first-order valence-electron chi connectivity index (χ1n) is 9.83. The molecule has 1 saturated carbocycles. The van der Waals surface area contributed by atoms with E-state index >= 15 is 0 Å². The Labute approximate surface area is 159 Å². The Morgan fingerprint density at radius 2 is 1.81 bits per heavy atom. The van der Waals surface area contributed by atoms with Crippen LogP contribution in [0.5, 0.6) is 0 Å². The second kappa shape index (κ2) is 7.55. The monoisotopic (exact) mass is 366 g/mol. The van der Waals surface area contributed by atoms with Crippen LogP contribution in [0.4, 0.5) is 5.69 Å². The molecule has 1 aromatic heterocycles. The topological polar surface area (TPSA) is 67.2 Å². The van der Waals surface area contributed by atoms with E-state index in [2.05, 4.69) is 14.9 Å². The van der Waals surface area contributed by atoms with Gasteiger partial charge in [0, 0.05) is 44.6 Å². The standard InChI is InChI=1S/C21H26N4O2/c1-15(26)23-18-8-6-16(7-9-18)19-14-22-20-10-11-24(12-13-25(19)20)21(27)17-4-2-3-5-17/h6-9,14,17H,2-5,10-13H2,1H3,(H,23,26). The van der Waals surface area contributed by atoms with Crippen LogP contribution in [-0.2, 0) is 22.6 Å². The number of rotatable bonds is 3. The molecule has 1 aromatic carbocycles. The van der Waals surface area contributed by atoms with Crippen molar-refractivity contribution < 1.29 is 9.59 Å². The van der Waals surface area contributed by atoms with Crippen molar-refractivity contribution >= 4 is 17.5 Å². The third-order valence-corrected chi connectivity index (χ3v) is 5.65. The number of imidazole rings is 1. The SMILES string of the molecule is CC(=O)Nc1ccc(-c2cnc3n2CCN(C(=O)C2CCCC2)CC3)cc1. The minimum atomic E-state index is -0.0759. The summed E-state index contributed by atoms with van der Waals surface area (Å²) in [5.74, 6) is 1.53. The van der Waals surface area contributed by atoms with Gasteiger partial charge < -0.3 is 14.8 Å². The van der Waals surface area contributed by atoms with E-state index in [1.54, 1.807) is 0 Å². The highest BCUT2D eigenvalue weighted by Gasteiger charge is 2.29. The molecule has 27 heavy (non-hydrogen) atoms. The Morgan fingerprint density at radius 1 is 1.07 bits per heavy atom. The van der Waals surface area contributed by atoms with E-state index in [4.69, 9.17) is 0 Å². The van der Waals surface area contributed by atoms with E-state index in [1.807, 2.05) is 35.4 Å². The van der Waals surface area contributed by atoms with Crippen molar-refractivity contribution in [3.8, 4) is 11.3 Å². The zero-order chi connectivity index (χ0) is 18.8. The molecule has 0 bridgehead atoms. The molecular weight excluding hydrogens is 340 g/mol. The fourth-order valence-electron chi connectivity index (χ4n) is 4.24. The van der Waals surface area contributed by atoms with Crippen molar-refractivity contribution in [2.45, 2.75) is 45.6 Å². The van der Waals surface area contributed by atoms with Crippen LogP contribution < -0.4 is 5.32 Å². The van der Waals surface area contributed by atoms with Crippen LogP contribution in [0.1, 0.15) is 38.4 Å². The fourth-order valence-corrected chi connectivity index (χ4v) is 4.24. The number of amides is 2. The number of carbonyl (C=O) groups is 2. The summed E-state index contributed by atoms with van der Waals surface area (Å²) >= 11 is 0. The van der Waals surface area contributed by atoms with Gasteiger partial charge in [-0.2, -0.15) is 0 Å². The third-order valence-electron chi connectivity index (χ3n) is 5.65. The van der Waals surface area contributed by atoms with Gasteiger partial charge in [0.1, 0.15) is 5.82 Å². The zero-order valence-corrected chi connectivity index (χ0v) is 15.8. The molecule has 2 amide bonds. The summed E-state index contributed by atoms with van der Waals surface area (Å²) in [6, 6.07) is 7.82. The molecule has 6 heteroatoms. The number of carbonyl (C=O) groups excluding carboxylic acids is 2. The van der Waals surface area contributed by atoms with Crippen molar-refractivity contribution in [3.63, 3.8) is 0 Å². The average molecular weight is 366 g/mol. The first-order chi connectivity index (χ1) is 13.1. The molecule has 0 saturated heterocycles. The molecular formula is C21H26N4O2. The summed E-state index contributed by atoms with van der Waals surface area (Å²) in [5.41, 5.74) is 2.92. The van der Waals surface area contributed by atoms with Crippen LogP contribution in [0.15, 0.2) is 30.5 Å². The quantitative estimate of drug-likeness (QED) is 0.908. The second-order valence-corrected chi connectivity index (χ2v) is 7.53. The highest BCUT2D eigenvalue weighted by atomic mass is 16.2. The van der Waals surface area contributed by atoms with E-state index in [0.717, 1.165) is 61.7 Å². The maximum atomic E-state index is 12.8. The van der Waals surface area contributed by atoms with Gasteiger partial charge >= 0.3 is 0 Å². The molecule has 0 atom stereocenters. The zero-order valence-electron chi connectivity index (χ0n) is 15.8. The largest absolute Gasteiger partial charge is 0.340 e. The number of aromatic nitrogens is 2. The van der Waals surface area contributed by atoms with E-state index < -0.39 is 0 Å². The number of hydrogen-bond acceptors (Lipinski definition) is 3. The lowest BCUT2D eigenvalue weighted by Gasteiger charge is -2.23. The van der Waals surface area contributed by atoms with E-state index in [-0.39, 0.29) is 11.8 Å². The number of nitrogens with zero attached hydrogens (tertiary/aromatic N) is 3. The van der Waals surface area contributed by atoms with Crippen molar-refractivity contribution in [1.29, 1.82) is 0 Å². The summed E-state index contributed by atoms with van der Waals surface area (Å²) < 4.78 is 2.23. The van der Waals surface area contributed by atoms with Gasteiger partial charge in [0.25, 0.3) is 0 Å². The summed E-state index contributed by atoms with van der Waals surface area (Å²) in [5, 5.41) is 2.79. The molecule has 142 valence electrons. The van der Waals surface area contributed by atoms with Crippen LogP contribution in [-0.4, -0.2) is 39.4 Å². The van der Waals surface area contributed by atoms with E-state index in [9.17, 15) is 9.59 Å². The third kappa shape index (κ3) is 3.75. The predicted octanol–water partition coefficient (Wildman–Crippen LogP) is 3.08. The summed E-state index contributed by atoms with van der Waals surface area (Å²) in [4.78, 5) is 30.6. The van der Waals surface area contributed by atoms with Gasteiger partial charge in [0.15, 0.2) is 0 Å². The molecule has 2 heterocycles. The van der Waals surface area contributed by atoms with Gasteiger partial charge in [-0.1, -0.05) is 25.0 Å². The maximum absolute atomic E-state index is 12.8. The smallest absolute Gasteiger partial charge is 0.225 e. The van der Waals surface area contributed by atoms with E-state index in [0.29, 0.717) is 5.91 Å². The summed E-state index contributed by atoms with van der Waals surface area (Å²) in [7, 11) is 0. The Kier molecular flexibility index (Phi) is 4.97. The number of benzene rings is 1. The lowest BCUT2D eigenvalue weighted by Crippen LogP contribution is -2.37. The number of anilines is 1. The fraction of sp³-hybridized carbons (Fsp3) is 0.476. The average Bonchev–Trinajstić information content (AvgIpc) is 3.28. The number of nitrogens with one attached hydrogen (secondary N) is 1. The van der Waals surface area contributed by atoms with Crippen LogP contribution >= 0.6 is 0 Å². The van der Waals surface area contributed by atoms with Gasteiger partial charge in [-0.15, -0.1) is 0 Å². The first-order valence-corrected chi connectivity index (χ1v) is 9.83. The first kappa shape index (κ1) is 17.8. The minimum absolute atomic E-state index is 0.0759. The molecule has 1 fully saturated rings. The molecule has 1 aliphatic heterocycles. The molecule has 0 radical (unpaired) electrons. The normalized spacial score (nSPS) is 17.4. The lowest BCUT2D eigenvalue weighted by molar-refractivity contribution is -0.135. The highest BCUT2D eigenvalue weighted by molar-refractivity contribution is 5.88. The Morgan fingerprint density at radius 3 is 2.52 bits per heavy atom. The second-order valence-electron chi connectivity index (χ2n) is 7.53. The van der Waals surface area contributed by atoms with Crippen molar-refractivity contribution in [2.24, 2.45) is 5.92 Å². The van der Waals surface area contributed by atoms with Crippen molar-refractivity contribution in [2.75, 3.05) is 18.4 Å². The maximum Gasteiger partial charge on any atom is 0.225 e. The van der Waals surface area contributed by atoms with Gasteiger partial charge in [-0.3, -0.25) is 9.59 Å². The molecule has 4 rings (SSSR count). The van der Waals surface area contributed by atoms with E-state index in [1.165, 1.54) is 19.8 Å². The van der Waals surface area contributed by atoms with Crippen molar-refractivity contribution in [3.05, 3.63) is 36.3 Å². The van der Waals surface area contributed by atoms with Crippen LogP contribution in [0.3, 0.4) is 0 Å². The van der Waals surface area contributed by atoms with Crippen molar-refractivity contribution in [1.82, 2.24) is 14.5 Å². The van der Waals surface area contributed by atoms with Gasteiger partial charge in [0.2, 0.25) is 11.8 Å². The van der Waals surface area contributed by atoms with Crippen LogP contribution in [0.25, 0.3) is 11.3 Å². The van der Waals surface area contributed by atoms with Gasteiger partial charge in [0.05, 0.1) is 11.9 Å². The molecule has 1 aliphatic carbocycles. The molecule has 2 aliphatic rings. The molecule has 2 aromatic rings. The van der Waals surface area contributed by atoms with Gasteiger partial charge in [-0.05, 0) is 30.5 Å². The Hall–Kier alpha value is -2.63. The molecule has 0 unspecified atom stereocenters. The molecule has 1 N–H and O–H groups in total. The Balaban J connectivity index is 1.49. The number of fused-ring (bicyclic) bond motifs is 1. The summed E-state index contributed by atoms with van der Waals surface area (Å²) in [6.07, 6.45) is 7.17. The minimum Gasteiger partial charge on any atom is -0.340 e. The van der Waals surface area contributed by atoms with Crippen LogP contribution in [0.2, 0.25) is 0 Å². The molecule has 6 nitrogen and oxygen atoms in total. The number of hydrogen-bond donors (Lipinski definition) is 1. The Bertz CT molecular complexity index is 834. The predicted molar refractivity (Wildman–Crippen MR) is 104 cm³/mol. The van der Waals surface area contributed by atoms with Gasteiger partial charge in [-0.25, -0.2) is 4.98 Å². The highest BCUT2D eigenvalue weighted by Crippen LogP contribution is 2.28. The summed E-state index contributed by atoms with van der Waals surface area (Å²) in [6.45, 7) is 3.78. The lowest BCUT2D eigenvalue weighted by atomic mass is 10.1. The van der Waals surface area contributed by atoms with Crippen LogP contribution in [0, 0.1) is 5.92 Å². The molecule has 0 spiro atoms.